The van der Waals surface area contributed by atoms with Gasteiger partial charge in [0, 0.05) is 37.8 Å². The molecule has 0 saturated heterocycles. The topological polar surface area (TPSA) is 134 Å². The van der Waals surface area contributed by atoms with Gasteiger partial charge in [-0.2, -0.15) is 0 Å². The van der Waals surface area contributed by atoms with Gasteiger partial charge in [-0.05, 0) is 61.5 Å². The molecular formula is C29H37N7O2S. The predicted octanol–water partition coefficient (Wildman–Crippen LogP) is 3.76. The van der Waals surface area contributed by atoms with E-state index in [2.05, 4.69) is 23.3 Å². The molecule has 9 nitrogen and oxygen atoms in total. The van der Waals surface area contributed by atoms with Gasteiger partial charge in [0.1, 0.15) is 11.7 Å². The highest BCUT2D eigenvalue weighted by atomic mass is 32.2. The van der Waals surface area contributed by atoms with Crippen LogP contribution < -0.4 is 15.8 Å². The van der Waals surface area contributed by atoms with Crippen LogP contribution in [0.4, 0.5) is 11.4 Å². The zero-order valence-corrected chi connectivity index (χ0v) is 23.6. The molecule has 0 amide bonds. The second kappa shape index (κ2) is 11.9. The first-order valence-electron chi connectivity index (χ1n) is 13.1. The van der Waals surface area contributed by atoms with Crippen molar-refractivity contribution in [3.05, 3.63) is 83.7 Å². The molecular weight excluding hydrogens is 510 g/mol. The van der Waals surface area contributed by atoms with E-state index in [0.29, 0.717) is 36.4 Å². The molecule has 10 heteroatoms. The first-order valence-corrected chi connectivity index (χ1v) is 14.6. The second-order valence-corrected chi connectivity index (χ2v) is 11.4. The molecule has 4 rings (SSSR count). The molecule has 206 valence electrons. The van der Waals surface area contributed by atoms with Gasteiger partial charge in [0.2, 0.25) is 0 Å². The highest BCUT2D eigenvalue weighted by Gasteiger charge is 2.26. The van der Waals surface area contributed by atoms with Gasteiger partial charge in [0.15, 0.2) is 0 Å². The van der Waals surface area contributed by atoms with Gasteiger partial charge in [-0.25, -0.2) is 13.4 Å². The number of nitrogens with one attached hydrogen (secondary N) is 1. The molecule has 0 aliphatic rings. The summed E-state index contributed by atoms with van der Waals surface area (Å²) in [5.41, 5.74) is 16.0. The van der Waals surface area contributed by atoms with Crippen LogP contribution in [0.25, 0.3) is 11.0 Å². The van der Waals surface area contributed by atoms with Crippen LogP contribution in [0.5, 0.6) is 0 Å². The second-order valence-electron chi connectivity index (χ2n) is 9.55. The molecule has 39 heavy (non-hydrogen) atoms. The number of likely N-dealkylation sites (N-methyl/N-ethyl adjacent to an activating group) is 1. The fourth-order valence-electron chi connectivity index (χ4n) is 4.69. The van der Waals surface area contributed by atoms with Gasteiger partial charge in [0.25, 0.3) is 10.0 Å². The van der Waals surface area contributed by atoms with Crippen LogP contribution >= 0.6 is 0 Å². The lowest BCUT2D eigenvalue weighted by Crippen LogP contribution is -2.38. The molecule has 4 aromatic rings. The smallest absolute Gasteiger partial charge is 0.264 e. The number of nitrogen functional groups attached to an aromatic ring is 2. The Bertz CT molecular complexity index is 1560. The number of nitrogens with two attached hydrogens (primary N) is 2. The van der Waals surface area contributed by atoms with Gasteiger partial charge >= 0.3 is 0 Å². The van der Waals surface area contributed by atoms with Gasteiger partial charge in [-0.15, -0.1) is 0 Å². The summed E-state index contributed by atoms with van der Waals surface area (Å²) in [6.07, 6.45) is 1.50. The third-order valence-electron chi connectivity index (χ3n) is 7.11. The highest BCUT2D eigenvalue weighted by Crippen LogP contribution is 2.28. The van der Waals surface area contributed by atoms with E-state index < -0.39 is 10.0 Å². The van der Waals surface area contributed by atoms with Crippen LogP contribution in [-0.2, 0) is 29.9 Å². The standard InChI is InChI=1S/C29H37N7O2S/c1-4-35(5-2)17-18-36(39(37,38)25-8-6-7-23(30)19-25)24-14-15-27-26(20-24)33-28(34(27)3)16-11-21-9-12-22(13-10-21)29(31)32/h6-10,12-15,19-20H,4-5,11,16-18,30H2,1-3H3,(H3,31,32). The molecule has 5 N–H and O–H groups in total. The van der Waals surface area contributed by atoms with Gasteiger partial charge in [0.05, 0.1) is 21.6 Å². The summed E-state index contributed by atoms with van der Waals surface area (Å²) in [5, 5.41) is 7.56. The largest absolute Gasteiger partial charge is 0.399 e. The van der Waals surface area contributed by atoms with Crippen molar-refractivity contribution in [2.24, 2.45) is 12.8 Å². The molecule has 0 radical (unpaired) electrons. The minimum atomic E-state index is -3.85. The minimum Gasteiger partial charge on any atom is -0.399 e. The molecule has 0 spiro atoms. The lowest BCUT2D eigenvalue weighted by atomic mass is 10.1. The number of aryl methyl sites for hydroxylation is 3. The normalized spacial score (nSPS) is 11.8. The number of anilines is 2. The number of imidazole rings is 1. The maximum Gasteiger partial charge on any atom is 0.264 e. The number of benzene rings is 3. The van der Waals surface area contributed by atoms with Crippen molar-refractivity contribution in [3.63, 3.8) is 0 Å². The predicted molar refractivity (Wildman–Crippen MR) is 159 cm³/mol. The molecule has 0 unspecified atom stereocenters. The van der Waals surface area contributed by atoms with E-state index in [4.69, 9.17) is 21.9 Å². The molecule has 0 saturated carbocycles. The summed E-state index contributed by atoms with van der Waals surface area (Å²) < 4.78 is 31.1. The molecule has 3 aromatic carbocycles. The molecule has 1 aromatic heterocycles. The van der Waals surface area contributed by atoms with Crippen molar-refractivity contribution in [1.82, 2.24) is 14.5 Å². The molecule has 0 bridgehead atoms. The minimum absolute atomic E-state index is 0.0524. The van der Waals surface area contributed by atoms with Crippen molar-refractivity contribution >= 4 is 38.3 Å². The van der Waals surface area contributed by atoms with E-state index >= 15 is 0 Å². The first kappa shape index (κ1) is 28.1. The van der Waals surface area contributed by atoms with Gasteiger partial charge < -0.3 is 20.9 Å². The maximum absolute atomic E-state index is 13.8. The summed E-state index contributed by atoms with van der Waals surface area (Å²) in [5.74, 6) is 0.961. The maximum atomic E-state index is 13.8. The lowest BCUT2D eigenvalue weighted by Gasteiger charge is -2.28. The van der Waals surface area contributed by atoms with E-state index in [1.54, 1.807) is 18.2 Å². The Morgan fingerprint density at radius 3 is 2.33 bits per heavy atom. The van der Waals surface area contributed by atoms with E-state index in [9.17, 15) is 8.42 Å². The summed E-state index contributed by atoms with van der Waals surface area (Å²) in [6, 6.07) is 19.7. The number of fused-ring (bicyclic) bond motifs is 1. The van der Waals surface area contributed by atoms with Crippen molar-refractivity contribution in [2.75, 3.05) is 36.2 Å². The Hall–Kier alpha value is -3.89. The van der Waals surface area contributed by atoms with Gasteiger partial charge in [-0.3, -0.25) is 9.71 Å². The number of rotatable bonds is 12. The van der Waals surface area contributed by atoms with Crippen molar-refractivity contribution in [2.45, 2.75) is 31.6 Å². The highest BCUT2D eigenvalue weighted by molar-refractivity contribution is 7.92. The SMILES string of the molecule is CCN(CC)CCN(c1ccc2c(c1)nc(CCc1ccc(C(=N)N)cc1)n2C)S(=O)(=O)c1cccc(N)c1. The zero-order chi connectivity index (χ0) is 28.2. The van der Waals surface area contributed by atoms with Crippen LogP contribution in [-0.4, -0.2) is 54.9 Å². The molecule has 0 fully saturated rings. The Morgan fingerprint density at radius 1 is 0.974 bits per heavy atom. The fraction of sp³-hybridized carbons (Fsp3) is 0.310. The first-order chi connectivity index (χ1) is 18.6. The summed E-state index contributed by atoms with van der Waals surface area (Å²) >= 11 is 0. The van der Waals surface area contributed by atoms with Crippen molar-refractivity contribution in [1.29, 1.82) is 5.41 Å². The van der Waals surface area contributed by atoms with E-state index in [-0.39, 0.29) is 10.7 Å². The molecule has 0 aliphatic carbocycles. The Kier molecular flexibility index (Phi) is 8.57. The zero-order valence-electron chi connectivity index (χ0n) is 22.8. The van der Waals surface area contributed by atoms with Crippen LogP contribution in [0.3, 0.4) is 0 Å². The van der Waals surface area contributed by atoms with Crippen LogP contribution in [0.1, 0.15) is 30.8 Å². The molecule has 0 aliphatic heterocycles. The summed E-state index contributed by atoms with van der Waals surface area (Å²) in [7, 11) is -1.87. The number of nitrogens with zero attached hydrogens (tertiary/aromatic N) is 4. The molecule has 0 atom stereocenters. The van der Waals surface area contributed by atoms with E-state index in [1.165, 1.54) is 10.4 Å². The fourth-order valence-corrected chi connectivity index (χ4v) is 6.19. The number of hydrogen-bond donors (Lipinski definition) is 3. The monoisotopic (exact) mass is 547 g/mol. The van der Waals surface area contributed by atoms with Crippen LogP contribution in [0.15, 0.2) is 71.6 Å². The quantitative estimate of drug-likeness (QED) is 0.140. The average molecular weight is 548 g/mol. The Balaban J connectivity index is 1.65. The average Bonchev–Trinajstić information content (AvgIpc) is 3.24. The summed E-state index contributed by atoms with van der Waals surface area (Å²) in [6.45, 7) is 6.72. The number of sulfonamides is 1. The van der Waals surface area contributed by atoms with Crippen molar-refractivity contribution in [3.8, 4) is 0 Å². The lowest BCUT2D eigenvalue weighted by molar-refractivity contribution is 0.313. The number of aromatic nitrogens is 2. The van der Waals surface area contributed by atoms with Crippen molar-refractivity contribution < 1.29 is 8.42 Å². The van der Waals surface area contributed by atoms with Gasteiger partial charge in [-0.1, -0.05) is 44.2 Å². The third-order valence-corrected chi connectivity index (χ3v) is 8.93. The summed E-state index contributed by atoms with van der Waals surface area (Å²) in [4.78, 5) is 7.23. The Morgan fingerprint density at radius 2 is 1.69 bits per heavy atom. The number of amidine groups is 1. The van der Waals surface area contributed by atoms with E-state index in [0.717, 1.165) is 41.9 Å². The molecule has 1 heterocycles. The van der Waals surface area contributed by atoms with Crippen LogP contribution in [0.2, 0.25) is 0 Å². The van der Waals surface area contributed by atoms with E-state index in [1.807, 2.05) is 49.5 Å². The van der Waals surface area contributed by atoms with Crippen LogP contribution in [0, 0.1) is 5.41 Å². The third kappa shape index (κ3) is 6.23. The number of hydrogen-bond acceptors (Lipinski definition) is 6. The Labute approximate surface area is 230 Å².